The minimum Gasteiger partial charge on any atom is -0.481 e. The van der Waals surface area contributed by atoms with Crippen molar-refractivity contribution < 1.29 is 19.1 Å². The third-order valence-corrected chi connectivity index (χ3v) is 4.02. The number of rotatable bonds is 4. The topological polar surface area (TPSA) is 70.5 Å². The summed E-state index contributed by atoms with van der Waals surface area (Å²) >= 11 is 0. The van der Waals surface area contributed by atoms with Crippen molar-refractivity contribution >= 4 is 11.9 Å². The minimum absolute atomic E-state index is 0.0206. The number of carboxylic acid groups (broad SMARTS) is 1. The summed E-state index contributed by atoms with van der Waals surface area (Å²) in [5, 5.41) is 8.87. The van der Waals surface area contributed by atoms with Gasteiger partial charge in [0.05, 0.1) is 0 Å². The van der Waals surface area contributed by atoms with Gasteiger partial charge in [0, 0.05) is 37.3 Å². The zero-order valence-electron chi connectivity index (χ0n) is 12.0. The van der Waals surface area contributed by atoms with E-state index in [2.05, 4.69) is 4.98 Å². The number of likely N-dealkylation sites (tertiary alicyclic amines) is 1. The van der Waals surface area contributed by atoms with E-state index in [1.807, 2.05) is 6.92 Å². The van der Waals surface area contributed by atoms with Crippen LogP contribution in [0.3, 0.4) is 0 Å². The second kappa shape index (κ2) is 6.65. The van der Waals surface area contributed by atoms with Gasteiger partial charge < -0.3 is 10.0 Å². The zero-order valence-corrected chi connectivity index (χ0v) is 12.0. The number of hydrogen-bond acceptors (Lipinski definition) is 3. The van der Waals surface area contributed by atoms with E-state index in [0.717, 1.165) is 18.9 Å². The maximum absolute atomic E-state index is 13.1. The molecule has 1 aromatic heterocycles. The van der Waals surface area contributed by atoms with E-state index in [-0.39, 0.29) is 29.7 Å². The third-order valence-electron chi connectivity index (χ3n) is 4.02. The molecule has 1 aromatic rings. The fourth-order valence-electron chi connectivity index (χ4n) is 2.82. The van der Waals surface area contributed by atoms with Crippen LogP contribution in [0.15, 0.2) is 18.3 Å². The van der Waals surface area contributed by atoms with Crippen molar-refractivity contribution in [3.05, 3.63) is 29.8 Å². The van der Waals surface area contributed by atoms with Crippen LogP contribution in [0.25, 0.3) is 0 Å². The van der Waals surface area contributed by atoms with Crippen LogP contribution in [-0.4, -0.2) is 40.0 Å². The lowest BCUT2D eigenvalue weighted by Gasteiger charge is -2.35. The van der Waals surface area contributed by atoms with E-state index in [4.69, 9.17) is 5.11 Å². The van der Waals surface area contributed by atoms with Crippen LogP contribution in [0.2, 0.25) is 0 Å². The standard InChI is InChI=1S/C15H19FN2O3/c1-10(7-14(19)20)12-3-2-6-18(9-12)15(21)11-4-5-17-13(16)8-11/h4-5,8,10,12H,2-3,6-7,9H2,1H3,(H,19,20). The Labute approximate surface area is 122 Å². The molecule has 1 N–H and O–H groups in total. The van der Waals surface area contributed by atoms with Gasteiger partial charge >= 0.3 is 5.97 Å². The molecule has 2 atom stereocenters. The molecule has 1 saturated heterocycles. The van der Waals surface area contributed by atoms with Crippen LogP contribution in [0.4, 0.5) is 4.39 Å². The van der Waals surface area contributed by atoms with Crippen LogP contribution in [0.1, 0.15) is 36.5 Å². The summed E-state index contributed by atoms with van der Waals surface area (Å²) in [4.78, 5) is 28.3. The molecule has 1 fully saturated rings. The first-order valence-electron chi connectivity index (χ1n) is 7.10. The van der Waals surface area contributed by atoms with Gasteiger partial charge in [-0.15, -0.1) is 0 Å². The number of aromatic nitrogens is 1. The van der Waals surface area contributed by atoms with Crippen molar-refractivity contribution in [1.29, 1.82) is 0 Å². The number of pyridine rings is 1. The highest BCUT2D eigenvalue weighted by molar-refractivity contribution is 5.94. The highest BCUT2D eigenvalue weighted by Crippen LogP contribution is 2.27. The predicted octanol–water partition coefficient (Wildman–Crippen LogP) is 2.18. The van der Waals surface area contributed by atoms with Gasteiger partial charge in [0.2, 0.25) is 5.95 Å². The number of aliphatic carboxylic acids is 1. The molecular formula is C15H19FN2O3. The third kappa shape index (κ3) is 4.00. The summed E-state index contributed by atoms with van der Waals surface area (Å²) in [7, 11) is 0. The SMILES string of the molecule is CC(CC(=O)O)C1CCCN(C(=O)c2ccnc(F)c2)C1. The lowest BCUT2D eigenvalue weighted by molar-refractivity contribution is -0.138. The largest absolute Gasteiger partial charge is 0.481 e. The zero-order chi connectivity index (χ0) is 15.4. The van der Waals surface area contributed by atoms with Gasteiger partial charge in [-0.05, 0) is 30.7 Å². The first kappa shape index (κ1) is 15.4. The molecule has 5 nitrogen and oxygen atoms in total. The first-order valence-corrected chi connectivity index (χ1v) is 7.10. The van der Waals surface area contributed by atoms with Crippen molar-refractivity contribution in [1.82, 2.24) is 9.88 Å². The molecular weight excluding hydrogens is 275 g/mol. The van der Waals surface area contributed by atoms with Crippen molar-refractivity contribution in [2.24, 2.45) is 11.8 Å². The molecule has 0 aliphatic carbocycles. The number of halogens is 1. The summed E-state index contributed by atoms with van der Waals surface area (Å²) in [5.74, 6) is -1.52. The Morgan fingerprint density at radius 3 is 3.00 bits per heavy atom. The molecule has 0 bridgehead atoms. The quantitative estimate of drug-likeness (QED) is 0.864. The fraction of sp³-hybridized carbons (Fsp3) is 0.533. The van der Waals surface area contributed by atoms with Crippen LogP contribution in [-0.2, 0) is 4.79 Å². The van der Waals surface area contributed by atoms with Crippen LogP contribution < -0.4 is 0 Å². The molecule has 114 valence electrons. The highest BCUT2D eigenvalue weighted by atomic mass is 19.1. The van der Waals surface area contributed by atoms with Crippen LogP contribution >= 0.6 is 0 Å². The summed E-state index contributed by atoms with van der Waals surface area (Å²) in [5.41, 5.74) is 0.286. The minimum atomic E-state index is -0.817. The lowest BCUT2D eigenvalue weighted by Crippen LogP contribution is -2.42. The van der Waals surface area contributed by atoms with Crippen molar-refractivity contribution in [2.75, 3.05) is 13.1 Å². The molecule has 21 heavy (non-hydrogen) atoms. The fourth-order valence-corrected chi connectivity index (χ4v) is 2.82. The number of hydrogen-bond donors (Lipinski definition) is 1. The highest BCUT2D eigenvalue weighted by Gasteiger charge is 2.28. The smallest absolute Gasteiger partial charge is 0.303 e. The van der Waals surface area contributed by atoms with Crippen molar-refractivity contribution in [3.8, 4) is 0 Å². The number of carbonyl (C=O) groups excluding carboxylic acids is 1. The van der Waals surface area contributed by atoms with Gasteiger partial charge in [0.1, 0.15) is 0 Å². The number of piperidine rings is 1. The monoisotopic (exact) mass is 294 g/mol. The molecule has 6 heteroatoms. The molecule has 0 radical (unpaired) electrons. The van der Waals surface area contributed by atoms with Gasteiger partial charge in [-0.25, -0.2) is 4.98 Å². The van der Waals surface area contributed by atoms with Gasteiger partial charge in [0.15, 0.2) is 0 Å². The molecule has 0 aromatic carbocycles. The Morgan fingerprint density at radius 1 is 1.57 bits per heavy atom. The molecule has 0 saturated carbocycles. The molecule has 2 heterocycles. The van der Waals surface area contributed by atoms with E-state index in [9.17, 15) is 14.0 Å². The Kier molecular flexibility index (Phi) is 4.88. The Hall–Kier alpha value is -1.98. The molecule has 2 rings (SSSR count). The first-order chi connectivity index (χ1) is 9.97. The summed E-state index contributed by atoms with van der Waals surface area (Å²) < 4.78 is 13.1. The molecule has 2 unspecified atom stereocenters. The lowest BCUT2D eigenvalue weighted by atomic mass is 9.84. The van der Waals surface area contributed by atoms with E-state index >= 15 is 0 Å². The number of amides is 1. The van der Waals surface area contributed by atoms with E-state index in [1.54, 1.807) is 4.90 Å². The summed E-state index contributed by atoms with van der Waals surface area (Å²) in [6, 6.07) is 2.63. The average Bonchev–Trinajstić information content (AvgIpc) is 2.46. The second-order valence-electron chi connectivity index (χ2n) is 5.60. The maximum atomic E-state index is 13.1. The van der Waals surface area contributed by atoms with Gasteiger partial charge in [0.25, 0.3) is 5.91 Å². The molecule has 1 aliphatic heterocycles. The van der Waals surface area contributed by atoms with Crippen LogP contribution in [0.5, 0.6) is 0 Å². The summed E-state index contributed by atoms with van der Waals surface area (Å²) in [6.07, 6.45) is 3.14. The Balaban J connectivity index is 2.03. The number of carbonyl (C=O) groups is 2. The number of carboxylic acids is 1. The van der Waals surface area contributed by atoms with Gasteiger partial charge in [-0.2, -0.15) is 4.39 Å². The molecule has 1 amide bonds. The Bertz CT molecular complexity index is 535. The van der Waals surface area contributed by atoms with Gasteiger partial charge in [-0.1, -0.05) is 6.92 Å². The van der Waals surface area contributed by atoms with E-state index < -0.39 is 11.9 Å². The van der Waals surface area contributed by atoms with Crippen molar-refractivity contribution in [2.45, 2.75) is 26.2 Å². The Morgan fingerprint density at radius 2 is 2.33 bits per heavy atom. The second-order valence-corrected chi connectivity index (χ2v) is 5.60. The average molecular weight is 294 g/mol. The normalized spacial score (nSPS) is 20.1. The number of nitrogens with zero attached hydrogens (tertiary/aromatic N) is 2. The summed E-state index contributed by atoms with van der Waals surface area (Å²) in [6.45, 7) is 3.05. The van der Waals surface area contributed by atoms with E-state index in [0.29, 0.717) is 13.1 Å². The van der Waals surface area contributed by atoms with Crippen molar-refractivity contribution in [3.63, 3.8) is 0 Å². The van der Waals surface area contributed by atoms with E-state index in [1.165, 1.54) is 12.3 Å². The van der Waals surface area contributed by atoms with Gasteiger partial charge in [-0.3, -0.25) is 9.59 Å². The predicted molar refractivity (Wildman–Crippen MR) is 74.2 cm³/mol. The van der Waals surface area contributed by atoms with Crippen LogP contribution in [0, 0.1) is 17.8 Å². The molecule has 0 spiro atoms. The maximum Gasteiger partial charge on any atom is 0.303 e. The molecule has 1 aliphatic rings.